The highest BCUT2D eigenvalue weighted by Crippen LogP contribution is 2.51. The molecule has 3 aliphatic carbocycles. The van der Waals surface area contributed by atoms with E-state index < -0.39 is 0 Å². The van der Waals surface area contributed by atoms with Crippen LogP contribution in [0.25, 0.3) is 0 Å². The summed E-state index contributed by atoms with van der Waals surface area (Å²) in [6, 6.07) is 0. The summed E-state index contributed by atoms with van der Waals surface area (Å²) in [5, 5.41) is 9.24. The predicted octanol–water partition coefficient (Wildman–Crippen LogP) is 9.42. The lowest BCUT2D eigenvalue weighted by Crippen LogP contribution is -2.38. The second-order valence-electron chi connectivity index (χ2n) is 12.4. The summed E-state index contributed by atoms with van der Waals surface area (Å²) in [6.07, 6.45) is 27.7. The lowest BCUT2D eigenvalue weighted by atomic mass is 9.58. The van der Waals surface area contributed by atoms with Crippen LogP contribution >= 0.6 is 0 Å². The van der Waals surface area contributed by atoms with E-state index in [0.29, 0.717) is 6.61 Å². The maximum Gasteiger partial charge on any atom is 0.0431 e. The number of hydrogen-bond donors (Lipinski definition) is 1. The molecule has 188 valence electrons. The Balaban J connectivity index is 1.46. The lowest BCUT2D eigenvalue weighted by Gasteiger charge is -2.47. The number of rotatable bonds is 12. The van der Waals surface area contributed by atoms with E-state index >= 15 is 0 Å². The van der Waals surface area contributed by atoms with Crippen molar-refractivity contribution < 1.29 is 5.11 Å². The molecule has 1 N–H and O–H groups in total. The summed E-state index contributed by atoms with van der Waals surface area (Å²) in [5.74, 6) is 8.10. The van der Waals surface area contributed by atoms with Crippen molar-refractivity contribution in [2.45, 2.75) is 143 Å². The monoisotopic (exact) mass is 446 g/mol. The minimum atomic E-state index is 0.389. The summed E-state index contributed by atoms with van der Waals surface area (Å²) < 4.78 is 0. The molecule has 6 atom stereocenters. The first kappa shape index (κ1) is 26.6. The molecule has 1 heteroatoms. The first-order chi connectivity index (χ1) is 15.7. The Morgan fingerprint density at radius 1 is 0.562 bits per heavy atom. The maximum absolute atomic E-state index is 9.24. The summed E-state index contributed by atoms with van der Waals surface area (Å²) in [4.78, 5) is 0. The van der Waals surface area contributed by atoms with Gasteiger partial charge in [-0.2, -0.15) is 0 Å². The molecule has 0 aliphatic heterocycles. The van der Waals surface area contributed by atoms with Gasteiger partial charge in [-0.15, -0.1) is 0 Å². The zero-order chi connectivity index (χ0) is 22.8. The molecule has 0 aromatic carbocycles. The van der Waals surface area contributed by atoms with Gasteiger partial charge in [0, 0.05) is 6.61 Å². The molecule has 0 bridgehead atoms. The van der Waals surface area contributed by atoms with Gasteiger partial charge in [0.1, 0.15) is 0 Å². The third-order valence-corrected chi connectivity index (χ3v) is 10.6. The minimum Gasteiger partial charge on any atom is -0.396 e. The Kier molecular flexibility index (Phi) is 11.9. The van der Waals surface area contributed by atoms with Gasteiger partial charge in [-0.1, -0.05) is 85.0 Å². The Morgan fingerprint density at radius 3 is 1.84 bits per heavy atom. The van der Waals surface area contributed by atoms with Crippen molar-refractivity contribution in [3.8, 4) is 0 Å². The summed E-state index contributed by atoms with van der Waals surface area (Å²) in [6.45, 7) is 7.68. The van der Waals surface area contributed by atoms with E-state index in [1.165, 1.54) is 70.6 Å². The topological polar surface area (TPSA) is 20.2 Å². The van der Waals surface area contributed by atoms with E-state index in [-0.39, 0.29) is 0 Å². The molecule has 3 rings (SSSR count). The third kappa shape index (κ3) is 7.48. The smallest absolute Gasteiger partial charge is 0.0431 e. The highest BCUT2D eigenvalue weighted by molar-refractivity contribution is 4.91. The fourth-order valence-corrected chi connectivity index (χ4v) is 8.68. The van der Waals surface area contributed by atoms with E-state index in [2.05, 4.69) is 20.8 Å². The molecule has 1 nitrogen and oxygen atoms in total. The number of hydrogen-bond acceptors (Lipinski definition) is 1. The predicted molar refractivity (Wildman–Crippen MR) is 140 cm³/mol. The van der Waals surface area contributed by atoms with Crippen molar-refractivity contribution in [2.75, 3.05) is 6.61 Å². The molecule has 0 aromatic rings. The zero-order valence-corrected chi connectivity index (χ0v) is 22.2. The van der Waals surface area contributed by atoms with Crippen LogP contribution in [0.1, 0.15) is 143 Å². The van der Waals surface area contributed by atoms with Crippen molar-refractivity contribution >= 4 is 0 Å². The van der Waals surface area contributed by atoms with Gasteiger partial charge in [0.2, 0.25) is 0 Å². The quantitative estimate of drug-likeness (QED) is 0.296. The Bertz CT molecular complexity index is 479. The standard InChI is InChI=1S/C31H58O/c1-4-7-8-9-11-24-13-16-28(17-14-24)30-20-18-29(23-27(30)6-3)31-19-15-25(12-10-21-32)22-26(31)5-2/h24-32H,4-23H2,1-3H3. The van der Waals surface area contributed by atoms with Crippen molar-refractivity contribution in [3.63, 3.8) is 0 Å². The molecule has 0 aromatic heterocycles. The highest BCUT2D eigenvalue weighted by atomic mass is 16.2. The Hall–Kier alpha value is -0.0400. The van der Waals surface area contributed by atoms with Crippen LogP contribution < -0.4 is 0 Å². The van der Waals surface area contributed by atoms with Crippen molar-refractivity contribution in [3.05, 3.63) is 0 Å². The molecule has 3 fully saturated rings. The van der Waals surface area contributed by atoms with E-state index in [1.807, 2.05) is 0 Å². The molecular weight excluding hydrogens is 388 g/mol. The number of unbranched alkanes of at least 4 members (excludes halogenated alkanes) is 3. The fraction of sp³-hybridized carbons (Fsp3) is 1.00. The third-order valence-electron chi connectivity index (χ3n) is 10.6. The largest absolute Gasteiger partial charge is 0.396 e. The summed E-state index contributed by atoms with van der Waals surface area (Å²) in [7, 11) is 0. The van der Waals surface area contributed by atoms with Crippen LogP contribution in [0.4, 0.5) is 0 Å². The van der Waals surface area contributed by atoms with Crippen LogP contribution in [-0.4, -0.2) is 11.7 Å². The maximum atomic E-state index is 9.24. The van der Waals surface area contributed by atoms with Crippen LogP contribution in [-0.2, 0) is 0 Å². The average Bonchev–Trinajstić information content (AvgIpc) is 2.85. The van der Waals surface area contributed by atoms with Gasteiger partial charge in [-0.25, -0.2) is 0 Å². The van der Waals surface area contributed by atoms with Crippen LogP contribution in [0.5, 0.6) is 0 Å². The first-order valence-corrected chi connectivity index (χ1v) is 15.3. The SMILES string of the molecule is CCCCCCC1CCC(C2CCC(C3CCC(CCCO)CC3CC)CC2CC)CC1. The Labute approximate surface area is 201 Å². The van der Waals surface area contributed by atoms with Gasteiger partial charge in [0.05, 0.1) is 0 Å². The lowest BCUT2D eigenvalue weighted by molar-refractivity contribution is 0.0283. The van der Waals surface area contributed by atoms with Crippen LogP contribution in [0.15, 0.2) is 0 Å². The second kappa shape index (κ2) is 14.4. The molecule has 0 saturated heterocycles. The van der Waals surface area contributed by atoms with Crippen LogP contribution in [0.3, 0.4) is 0 Å². The van der Waals surface area contributed by atoms with Crippen molar-refractivity contribution in [1.82, 2.24) is 0 Å². The van der Waals surface area contributed by atoms with Gasteiger partial charge in [0.25, 0.3) is 0 Å². The molecule has 32 heavy (non-hydrogen) atoms. The molecule has 0 radical (unpaired) electrons. The average molecular weight is 447 g/mol. The molecule has 6 unspecified atom stereocenters. The molecule has 3 aliphatic rings. The van der Waals surface area contributed by atoms with E-state index in [9.17, 15) is 5.11 Å². The summed E-state index contributed by atoms with van der Waals surface area (Å²) in [5.41, 5.74) is 0. The second-order valence-corrected chi connectivity index (χ2v) is 12.4. The van der Waals surface area contributed by atoms with E-state index in [4.69, 9.17) is 0 Å². The van der Waals surface area contributed by atoms with Gasteiger partial charge in [0.15, 0.2) is 0 Å². The first-order valence-electron chi connectivity index (χ1n) is 15.3. The van der Waals surface area contributed by atoms with Crippen LogP contribution in [0.2, 0.25) is 0 Å². The molecule has 3 saturated carbocycles. The Morgan fingerprint density at radius 2 is 1.16 bits per heavy atom. The molecule has 0 amide bonds. The minimum absolute atomic E-state index is 0.389. The van der Waals surface area contributed by atoms with E-state index in [0.717, 1.165) is 53.8 Å². The van der Waals surface area contributed by atoms with Crippen molar-refractivity contribution in [2.24, 2.45) is 47.3 Å². The van der Waals surface area contributed by atoms with Crippen LogP contribution in [0, 0.1) is 47.3 Å². The van der Waals surface area contributed by atoms with Gasteiger partial charge in [-0.3, -0.25) is 0 Å². The summed E-state index contributed by atoms with van der Waals surface area (Å²) >= 11 is 0. The zero-order valence-electron chi connectivity index (χ0n) is 22.2. The molecule has 0 spiro atoms. The normalized spacial score (nSPS) is 38.6. The number of aliphatic hydroxyl groups excluding tert-OH is 1. The van der Waals surface area contributed by atoms with Gasteiger partial charge < -0.3 is 5.11 Å². The van der Waals surface area contributed by atoms with Gasteiger partial charge >= 0.3 is 0 Å². The molecular formula is C31H58O. The fourth-order valence-electron chi connectivity index (χ4n) is 8.68. The molecule has 0 heterocycles. The highest BCUT2D eigenvalue weighted by Gasteiger charge is 2.41. The van der Waals surface area contributed by atoms with E-state index in [1.54, 1.807) is 44.9 Å². The number of aliphatic hydroxyl groups is 1. The van der Waals surface area contributed by atoms with Gasteiger partial charge in [-0.05, 0) is 105 Å². The van der Waals surface area contributed by atoms with Crippen molar-refractivity contribution in [1.29, 1.82) is 0 Å².